The van der Waals surface area contributed by atoms with Gasteiger partial charge in [-0.15, -0.1) is 0 Å². The van der Waals surface area contributed by atoms with Crippen LogP contribution in [-0.4, -0.2) is 31.2 Å². The summed E-state index contributed by atoms with van der Waals surface area (Å²) in [6.45, 7) is 0.306. The zero-order valence-electron chi connectivity index (χ0n) is 11.7. The predicted octanol–water partition coefficient (Wildman–Crippen LogP) is 1.80. The summed E-state index contributed by atoms with van der Waals surface area (Å²) in [5.74, 6) is -0.947. The number of carbonyl (C=O) groups excluding carboxylic acids is 1. The van der Waals surface area contributed by atoms with Crippen LogP contribution in [0.1, 0.15) is 12.0 Å². The summed E-state index contributed by atoms with van der Waals surface area (Å²) in [5, 5.41) is 11.5. The average Bonchev–Trinajstić information content (AvgIpc) is 3.24. The largest absolute Gasteiger partial charge is 0.493 e. The number of methoxy groups -OCH3 is 2. The van der Waals surface area contributed by atoms with E-state index >= 15 is 0 Å². The van der Waals surface area contributed by atoms with Gasteiger partial charge in [0.05, 0.1) is 30.5 Å². The van der Waals surface area contributed by atoms with Crippen LogP contribution in [0.3, 0.4) is 0 Å². The first-order chi connectivity index (χ1) is 9.97. The van der Waals surface area contributed by atoms with Gasteiger partial charge in [0.15, 0.2) is 11.5 Å². The number of hydrogen-bond donors (Lipinski definition) is 2. The SMILES string of the molecule is COc1cc(CNC(=O)[C@H]2C[C@@H]2C(=O)O)cc(Br)c1OC. The van der Waals surface area contributed by atoms with E-state index in [4.69, 9.17) is 14.6 Å². The highest BCUT2D eigenvalue weighted by molar-refractivity contribution is 9.10. The van der Waals surface area contributed by atoms with Crippen LogP contribution in [0.25, 0.3) is 0 Å². The van der Waals surface area contributed by atoms with Crippen LogP contribution in [0.4, 0.5) is 0 Å². The summed E-state index contributed by atoms with van der Waals surface area (Å²) >= 11 is 3.38. The molecular formula is C14H16BrNO5. The van der Waals surface area contributed by atoms with Crippen LogP contribution in [0.5, 0.6) is 11.5 Å². The van der Waals surface area contributed by atoms with E-state index in [9.17, 15) is 9.59 Å². The van der Waals surface area contributed by atoms with E-state index in [0.29, 0.717) is 24.5 Å². The topological polar surface area (TPSA) is 84.9 Å². The molecule has 1 amide bonds. The van der Waals surface area contributed by atoms with Gasteiger partial charge in [0, 0.05) is 6.54 Å². The molecule has 7 heteroatoms. The Balaban J connectivity index is 1.99. The molecule has 2 rings (SSSR count). The Kier molecular flexibility index (Phi) is 4.72. The van der Waals surface area contributed by atoms with Gasteiger partial charge in [-0.2, -0.15) is 0 Å². The van der Waals surface area contributed by atoms with Crippen molar-refractivity contribution in [2.24, 2.45) is 11.8 Å². The lowest BCUT2D eigenvalue weighted by Gasteiger charge is -2.12. The molecule has 2 atom stereocenters. The van der Waals surface area contributed by atoms with E-state index in [2.05, 4.69) is 21.2 Å². The van der Waals surface area contributed by atoms with Gasteiger partial charge >= 0.3 is 5.97 Å². The maximum absolute atomic E-state index is 11.8. The molecule has 0 spiro atoms. The second-order valence-corrected chi connectivity index (χ2v) is 5.67. The van der Waals surface area contributed by atoms with Crippen molar-refractivity contribution in [2.75, 3.05) is 14.2 Å². The maximum atomic E-state index is 11.8. The third-order valence-corrected chi connectivity index (χ3v) is 3.99. The minimum Gasteiger partial charge on any atom is -0.493 e. The first-order valence-corrected chi connectivity index (χ1v) is 7.18. The third kappa shape index (κ3) is 3.47. The first-order valence-electron chi connectivity index (χ1n) is 6.38. The van der Waals surface area contributed by atoms with Gasteiger partial charge in [-0.3, -0.25) is 9.59 Å². The molecule has 0 heterocycles. The van der Waals surface area contributed by atoms with Crippen LogP contribution in [0, 0.1) is 11.8 Å². The fourth-order valence-corrected chi connectivity index (χ4v) is 2.80. The molecule has 21 heavy (non-hydrogen) atoms. The zero-order valence-corrected chi connectivity index (χ0v) is 13.3. The quantitative estimate of drug-likeness (QED) is 0.810. The van der Waals surface area contributed by atoms with Gasteiger partial charge in [-0.25, -0.2) is 0 Å². The summed E-state index contributed by atoms with van der Waals surface area (Å²) in [4.78, 5) is 22.5. The Morgan fingerprint density at radius 1 is 1.33 bits per heavy atom. The molecule has 1 saturated carbocycles. The molecule has 0 saturated heterocycles. The standard InChI is InChI=1S/C14H16BrNO5/c1-20-11-4-7(3-10(15)12(11)21-2)6-16-13(17)8-5-9(8)14(18)19/h3-4,8-9H,5-6H2,1-2H3,(H,16,17)(H,18,19)/t8-,9-/m0/s1. The molecule has 0 bridgehead atoms. The third-order valence-electron chi connectivity index (χ3n) is 3.40. The van der Waals surface area contributed by atoms with E-state index in [0.717, 1.165) is 10.0 Å². The number of nitrogens with one attached hydrogen (secondary N) is 1. The Morgan fingerprint density at radius 2 is 2.05 bits per heavy atom. The molecule has 1 aliphatic rings. The molecule has 1 fully saturated rings. The monoisotopic (exact) mass is 357 g/mol. The number of rotatable bonds is 6. The summed E-state index contributed by atoms with van der Waals surface area (Å²) in [7, 11) is 3.08. The number of ether oxygens (including phenoxy) is 2. The van der Waals surface area contributed by atoms with E-state index in [1.165, 1.54) is 7.11 Å². The highest BCUT2D eigenvalue weighted by Gasteiger charge is 2.48. The molecule has 0 unspecified atom stereocenters. The number of carbonyl (C=O) groups is 2. The number of amides is 1. The molecule has 6 nitrogen and oxygen atoms in total. The molecular weight excluding hydrogens is 342 g/mol. The number of aliphatic carboxylic acids is 1. The van der Waals surface area contributed by atoms with Gasteiger partial charge in [0.25, 0.3) is 0 Å². The van der Waals surface area contributed by atoms with Crippen molar-refractivity contribution in [3.05, 3.63) is 22.2 Å². The van der Waals surface area contributed by atoms with Crippen molar-refractivity contribution in [1.82, 2.24) is 5.32 Å². The first kappa shape index (κ1) is 15.6. The Morgan fingerprint density at radius 3 is 2.57 bits per heavy atom. The van der Waals surface area contributed by atoms with E-state index in [1.807, 2.05) is 6.07 Å². The maximum Gasteiger partial charge on any atom is 0.307 e. The molecule has 1 aliphatic carbocycles. The lowest BCUT2D eigenvalue weighted by atomic mass is 10.2. The Hall–Kier alpha value is -1.76. The predicted molar refractivity (Wildman–Crippen MR) is 78.3 cm³/mol. The molecule has 1 aromatic carbocycles. The fourth-order valence-electron chi connectivity index (χ4n) is 2.15. The van der Waals surface area contributed by atoms with E-state index in [-0.39, 0.29) is 5.91 Å². The van der Waals surface area contributed by atoms with Crippen LogP contribution in [-0.2, 0) is 16.1 Å². The Bertz CT molecular complexity index is 575. The normalized spacial score (nSPS) is 19.8. The van der Waals surface area contributed by atoms with Gasteiger partial charge in [-0.1, -0.05) is 0 Å². The van der Waals surface area contributed by atoms with Crippen LogP contribution >= 0.6 is 15.9 Å². The summed E-state index contributed by atoms with van der Waals surface area (Å²) in [6, 6.07) is 3.59. The lowest BCUT2D eigenvalue weighted by Crippen LogP contribution is -2.25. The number of benzene rings is 1. The van der Waals surface area contributed by atoms with Crippen LogP contribution in [0.15, 0.2) is 16.6 Å². The second-order valence-electron chi connectivity index (χ2n) is 4.82. The number of hydrogen-bond acceptors (Lipinski definition) is 4. The van der Waals surface area contributed by atoms with Gasteiger partial charge < -0.3 is 19.9 Å². The molecule has 1 aromatic rings. The van der Waals surface area contributed by atoms with E-state index in [1.54, 1.807) is 13.2 Å². The minimum absolute atomic E-state index is 0.228. The molecule has 0 aromatic heterocycles. The molecule has 0 aliphatic heterocycles. The van der Waals surface area contributed by atoms with E-state index < -0.39 is 17.8 Å². The number of carboxylic acid groups (broad SMARTS) is 1. The average molecular weight is 358 g/mol. The number of carboxylic acids is 1. The van der Waals surface area contributed by atoms with Gasteiger partial charge in [0.2, 0.25) is 5.91 Å². The van der Waals surface area contributed by atoms with Crippen molar-refractivity contribution in [3.8, 4) is 11.5 Å². The van der Waals surface area contributed by atoms with Gasteiger partial charge in [0.1, 0.15) is 0 Å². The van der Waals surface area contributed by atoms with Crippen molar-refractivity contribution in [3.63, 3.8) is 0 Å². The smallest absolute Gasteiger partial charge is 0.307 e. The summed E-state index contributed by atoms with van der Waals surface area (Å²) < 4.78 is 11.2. The van der Waals surface area contributed by atoms with Crippen molar-refractivity contribution < 1.29 is 24.2 Å². The second kappa shape index (κ2) is 6.34. The molecule has 114 valence electrons. The highest BCUT2D eigenvalue weighted by atomic mass is 79.9. The highest BCUT2D eigenvalue weighted by Crippen LogP contribution is 2.39. The minimum atomic E-state index is -0.913. The van der Waals surface area contributed by atoms with Crippen molar-refractivity contribution in [1.29, 1.82) is 0 Å². The Labute approximate surface area is 130 Å². The summed E-state index contributed by atoms with van der Waals surface area (Å²) in [5.41, 5.74) is 0.834. The fraction of sp³-hybridized carbons (Fsp3) is 0.429. The number of halogens is 1. The molecule has 0 radical (unpaired) electrons. The van der Waals surface area contributed by atoms with Crippen molar-refractivity contribution >= 4 is 27.8 Å². The van der Waals surface area contributed by atoms with Crippen LogP contribution in [0.2, 0.25) is 0 Å². The zero-order chi connectivity index (χ0) is 15.6. The van der Waals surface area contributed by atoms with Crippen molar-refractivity contribution in [2.45, 2.75) is 13.0 Å². The summed E-state index contributed by atoms with van der Waals surface area (Å²) in [6.07, 6.45) is 0.413. The molecule has 2 N–H and O–H groups in total. The lowest BCUT2D eigenvalue weighted by molar-refractivity contribution is -0.140. The van der Waals surface area contributed by atoms with Gasteiger partial charge in [-0.05, 0) is 40.0 Å². The van der Waals surface area contributed by atoms with Crippen LogP contribution < -0.4 is 14.8 Å².